The third-order valence-corrected chi connectivity index (χ3v) is 2.61. The van der Waals surface area contributed by atoms with Gasteiger partial charge in [0.2, 0.25) is 0 Å². The highest BCUT2D eigenvalue weighted by Crippen LogP contribution is 2.16. The number of nitrogen functional groups attached to an aromatic ring is 1. The van der Waals surface area contributed by atoms with Crippen molar-refractivity contribution in [1.29, 1.82) is 0 Å². The molecule has 1 aromatic heterocycles. The Labute approximate surface area is 106 Å². The van der Waals surface area contributed by atoms with Crippen LogP contribution < -0.4 is 16.6 Å². The second-order valence-corrected chi connectivity index (χ2v) is 4.24. The van der Waals surface area contributed by atoms with Crippen LogP contribution in [-0.2, 0) is 0 Å². The Morgan fingerprint density at radius 3 is 2.88 bits per heavy atom. The van der Waals surface area contributed by atoms with E-state index in [-0.39, 0.29) is 17.6 Å². The number of nitrogens with two attached hydrogens (primary N) is 1. The van der Waals surface area contributed by atoms with E-state index in [4.69, 9.17) is 17.4 Å². The first kappa shape index (κ1) is 13.7. The minimum atomic E-state index is -0.284. The molecule has 1 amide bonds. The van der Waals surface area contributed by atoms with Gasteiger partial charge in [-0.05, 0) is 25.5 Å². The maximum atomic E-state index is 11.9. The van der Waals surface area contributed by atoms with Crippen molar-refractivity contribution in [2.75, 3.05) is 5.43 Å². The molecule has 1 unspecified atom stereocenters. The van der Waals surface area contributed by atoms with E-state index in [0.29, 0.717) is 10.8 Å². The van der Waals surface area contributed by atoms with Crippen LogP contribution in [0.1, 0.15) is 37.2 Å². The third-order valence-electron chi connectivity index (χ3n) is 2.31. The van der Waals surface area contributed by atoms with Crippen molar-refractivity contribution in [1.82, 2.24) is 10.3 Å². The Bertz CT molecular complexity index is 397. The van der Waals surface area contributed by atoms with E-state index in [0.717, 1.165) is 12.8 Å². The van der Waals surface area contributed by atoms with E-state index in [2.05, 4.69) is 22.7 Å². The molecular weight excluding hydrogens is 240 g/mol. The van der Waals surface area contributed by atoms with Crippen LogP contribution in [0.4, 0.5) is 5.82 Å². The number of hydrazine groups is 1. The molecule has 0 radical (unpaired) electrons. The minimum Gasteiger partial charge on any atom is -0.348 e. The molecule has 0 aliphatic carbocycles. The molecule has 0 fully saturated rings. The Morgan fingerprint density at radius 1 is 1.59 bits per heavy atom. The SMILES string of the molecule is CCCC(C)NC(=O)c1nc(NN)ccc1Cl. The fourth-order valence-electron chi connectivity index (χ4n) is 1.48. The van der Waals surface area contributed by atoms with Gasteiger partial charge < -0.3 is 10.7 Å². The van der Waals surface area contributed by atoms with E-state index in [1.165, 1.54) is 0 Å². The highest BCUT2D eigenvalue weighted by Gasteiger charge is 2.14. The quantitative estimate of drug-likeness (QED) is 0.556. The van der Waals surface area contributed by atoms with Gasteiger partial charge in [-0.15, -0.1) is 0 Å². The monoisotopic (exact) mass is 256 g/mol. The van der Waals surface area contributed by atoms with Gasteiger partial charge in [0.1, 0.15) is 11.5 Å². The summed E-state index contributed by atoms with van der Waals surface area (Å²) in [7, 11) is 0. The molecule has 0 aliphatic heterocycles. The molecule has 1 atom stereocenters. The van der Waals surface area contributed by atoms with Crippen molar-refractivity contribution in [2.24, 2.45) is 5.84 Å². The molecule has 0 saturated heterocycles. The van der Waals surface area contributed by atoms with Gasteiger partial charge in [-0.1, -0.05) is 24.9 Å². The molecule has 1 heterocycles. The number of hydrogen-bond acceptors (Lipinski definition) is 4. The van der Waals surface area contributed by atoms with Crippen LogP contribution in [0.3, 0.4) is 0 Å². The number of anilines is 1. The van der Waals surface area contributed by atoms with Crippen LogP contribution in [-0.4, -0.2) is 16.9 Å². The molecule has 17 heavy (non-hydrogen) atoms. The lowest BCUT2D eigenvalue weighted by Crippen LogP contribution is -2.33. The number of amides is 1. The standard InChI is InChI=1S/C11H17ClN4O/c1-3-4-7(2)14-11(17)10-8(12)5-6-9(15-10)16-13/h5-7H,3-4,13H2,1-2H3,(H,14,17)(H,15,16). The number of rotatable bonds is 5. The fourth-order valence-corrected chi connectivity index (χ4v) is 1.67. The summed E-state index contributed by atoms with van der Waals surface area (Å²) >= 11 is 5.92. The number of hydrogen-bond donors (Lipinski definition) is 3. The summed E-state index contributed by atoms with van der Waals surface area (Å²) in [5, 5.41) is 3.15. The van der Waals surface area contributed by atoms with E-state index >= 15 is 0 Å². The van der Waals surface area contributed by atoms with Crippen molar-refractivity contribution >= 4 is 23.3 Å². The van der Waals surface area contributed by atoms with Gasteiger partial charge in [0.15, 0.2) is 0 Å². The van der Waals surface area contributed by atoms with Crippen molar-refractivity contribution in [3.8, 4) is 0 Å². The van der Waals surface area contributed by atoms with Crippen molar-refractivity contribution in [3.05, 3.63) is 22.8 Å². The smallest absolute Gasteiger partial charge is 0.271 e. The molecule has 0 aromatic carbocycles. The van der Waals surface area contributed by atoms with E-state index in [1.807, 2.05) is 6.92 Å². The molecule has 0 saturated carbocycles. The van der Waals surface area contributed by atoms with Gasteiger partial charge in [-0.25, -0.2) is 10.8 Å². The predicted octanol–water partition coefficient (Wildman–Crippen LogP) is 1.94. The molecule has 94 valence electrons. The molecular formula is C11H17ClN4O. The highest BCUT2D eigenvalue weighted by molar-refractivity contribution is 6.33. The zero-order valence-electron chi connectivity index (χ0n) is 9.96. The second kappa shape index (κ2) is 6.42. The van der Waals surface area contributed by atoms with Crippen LogP contribution in [0.5, 0.6) is 0 Å². The maximum absolute atomic E-state index is 11.9. The maximum Gasteiger partial charge on any atom is 0.271 e. The van der Waals surface area contributed by atoms with Crippen molar-refractivity contribution in [2.45, 2.75) is 32.7 Å². The number of carbonyl (C=O) groups excluding carboxylic acids is 1. The summed E-state index contributed by atoms with van der Waals surface area (Å²) in [5.41, 5.74) is 2.56. The third kappa shape index (κ3) is 3.87. The van der Waals surface area contributed by atoms with Gasteiger partial charge in [0, 0.05) is 6.04 Å². The van der Waals surface area contributed by atoms with Gasteiger partial charge in [0.05, 0.1) is 5.02 Å². The predicted molar refractivity (Wildman–Crippen MR) is 68.9 cm³/mol. The lowest BCUT2D eigenvalue weighted by Gasteiger charge is -2.13. The van der Waals surface area contributed by atoms with E-state index in [1.54, 1.807) is 12.1 Å². The normalized spacial score (nSPS) is 12.0. The highest BCUT2D eigenvalue weighted by atomic mass is 35.5. The van der Waals surface area contributed by atoms with Crippen LogP contribution >= 0.6 is 11.6 Å². The average Bonchev–Trinajstić information content (AvgIpc) is 2.29. The van der Waals surface area contributed by atoms with E-state index in [9.17, 15) is 4.79 Å². The molecule has 5 nitrogen and oxygen atoms in total. The first-order valence-corrected chi connectivity index (χ1v) is 5.90. The van der Waals surface area contributed by atoms with Crippen molar-refractivity contribution < 1.29 is 4.79 Å². The zero-order valence-corrected chi connectivity index (χ0v) is 10.7. The number of nitrogens with one attached hydrogen (secondary N) is 2. The summed E-state index contributed by atoms with van der Waals surface area (Å²) in [6.45, 7) is 4.01. The number of nitrogens with zero attached hydrogens (tertiary/aromatic N) is 1. The molecule has 0 aliphatic rings. The van der Waals surface area contributed by atoms with Gasteiger partial charge in [0.25, 0.3) is 5.91 Å². The van der Waals surface area contributed by atoms with Gasteiger partial charge in [-0.3, -0.25) is 4.79 Å². The summed E-state index contributed by atoms with van der Waals surface area (Å²) < 4.78 is 0. The van der Waals surface area contributed by atoms with Gasteiger partial charge in [-0.2, -0.15) is 0 Å². The van der Waals surface area contributed by atoms with E-state index < -0.39 is 0 Å². The summed E-state index contributed by atoms with van der Waals surface area (Å²) in [5.74, 6) is 5.35. The van der Waals surface area contributed by atoms with Crippen LogP contribution in [0.2, 0.25) is 5.02 Å². The van der Waals surface area contributed by atoms with Crippen LogP contribution in [0.25, 0.3) is 0 Å². The van der Waals surface area contributed by atoms with Gasteiger partial charge >= 0.3 is 0 Å². The Hall–Kier alpha value is -1.33. The summed E-state index contributed by atoms with van der Waals surface area (Å²) in [6, 6.07) is 3.29. The lowest BCUT2D eigenvalue weighted by atomic mass is 10.2. The molecule has 0 bridgehead atoms. The number of carbonyl (C=O) groups is 1. The number of pyridine rings is 1. The minimum absolute atomic E-state index is 0.0971. The fraction of sp³-hybridized carbons (Fsp3) is 0.455. The zero-order chi connectivity index (χ0) is 12.8. The average molecular weight is 257 g/mol. The molecule has 1 aromatic rings. The first-order chi connectivity index (χ1) is 8.08. The number of halogens is 1. The van der Waals surface area contributed by atoms with Crippen LogP contribution in [0, 0.1) is 0 Å². The molecule has 0 spiro atoms. The first-order valence-electron chi connectivity index (χ1n) is 5.52. The summed E-state index contributed by atoms with van der Waals surface area (Å²) in [6.07, 6.45) is 1.92. The Morgan fingerprint density at radius 2 is 2.29 bits per heavy atom. The van der Waals surface area contributed by atoms with Crippen molar-refractivity contribution in [3.63, 3.8) is 0 Å². The van der Waals surface area contributed by atoms with Crippen LogP contribution in [0.15, 0.2) is 12.1 Å². The topological polar surface area (TPSA) is 80.0 Å². The molecule has 6 heteroatoms. The Kier molecular flexibility index (Phi) is 5.18. The molecule has 1 rings (SSSR count). The second-order valence-electron chi connectivity index (χ2n) is 3.83. The largest absolute Gasteiger partial charge is 0.348 e. The lowest BCUT2D eigenvalue weighted by molar-refractivity contribution is 0.0933. The summed E-state index contributed by atoms with van der Waals surface area (Å²) in [4.78, 5) is 15.9. The number of aromatic nitrogens is 1. The Balaban J connectivity index is 2.80. The molecule has 4 N–H and O–H groups in total.